The van der Waals surface area contributed by atoms with E-state index >= 15 is 0 Å². The summed E-state index contributed by atoms with van der Waals surface area (Å²) in [6.45, 7) is 3.05. The van der Waals surface area contributed by atoms with Gasteiger partial charge in [0.15, 0.2) is 0 Å². The van der Waals surface area contributed by atoms with Gasteiger partial charge in [-0.1, -0.05) is 6.92 Å². The SMILES string of the molecule is CCC1C/C(=C2\CCCN2)C(=O)O1. The molecule has 1 atom stereocenters. The van der Waals surface area contributed by atoms with Gasteiger partial charge in [0.25, 0.3) is 0 Å². The minimum atomic E-state index is -0.101. The van der Waals surface area contributed by atoms with Gasteiger partial charge in [0.2, 0.25) is 0 Å². The van der Waals surface area contributed by atoms with Crippen LogP contribution < -0.4 is 5.32 Å². The third-order valence-corrected chi connectivity index (χ3v) is 2.71. The van der Waals surface area contributed by atoms with Crippen LogP contribution in [0.4, 0.5) is 0 Å². The van der Waals surface area contributed by atoms with E-state index in [1.54, 1.807) is 0 Å². The Morgan fingerprint density at radius 3 is 3.00 bits per heavy atom. The first-order valence-corrected chi connectivity index (χ1v) is 4.98. The fourth-order valence-corrected chi connectivity index (χ4v) is 1.90. The van der Waals surface area contributed by atoms with E-state index in [0.29, 0.717) is 0 Å². The smallest absolute Gasteiger partial charge is 0.336 e. The van der Waals surface area contributed by atoms with Crippen LogP contribution in [0.1, 0.15) is 32.6 Å². The van der Waals surface area contributed by atoms with E-state index in [1.165, 1.54) is 0 Å². The molecule has 1 unspecified atom stereocenters. The van der Waals surface area contributed by atoms with Gasteiger partial charge in [0.05, 0.1) is 5.57 Å². The fourth-order valence-electron chi connectivity index (χ4n) is 1.90. The molecule has 1 N–H and O–H groups in total. The second kappa shape index (κ2) is 3.40. The number of carbonyl (C=O) groups is 1. The molecular formula is C10H15NO2. The van der Waals surface area contributed by atoms with Crippen LogP contribution in [0.3, 0.4) is 0 Å². The van der Waals surface area contributed by atoms with Gasteiger partial charge < -0.3 is 10.1 Å². The van der Waals surface area contributed by atoms with E-state index in [4.69, 9.17) is 4.74 Å². The van der Waals surface area contributed by atoms with Crippen molar-refractivity contribution in [1.82, 2.24) is 5.32 Å². The van der Waals surface area contributed by atoms with Gasteiger partial charge in [-0.05, 0) is 19.3 Å². The second-order valence-corrected chi connectivity index (χ2v) is 3.63. The van der Waals surface area contributed by atoms with Gasteiger partial charge in [-0.25, -0.2) is 4.79 Å². The molecular weight excluding hydrogens is 166 g/mol. The highest BCUT2D eigenvalue weighted by atomic mass is 16.5. The van der Waals surface area contributed by atoms with Crippen molar-refractivity contribution in [3.63, 3.8) is 0 Å². The Balaban J connectivity index is 2.15. The average Bonchev–Trinajstić information content (AvgIpc) is 2.72. The Hall–Kier alpha value is -0.990. The molecule has 2 heterocycles. The Morgan fingerprint density at radius 2 is 2.46 bits per heavy atom. The maximum atomic E-state index is 11.4. The number of allylic oxidation sites excluding steroid dienone is 1. The fraction of sp³-hybridized carbons (Fsp3) is 0.700. The summed E-state index contributed by atoms with van der Waals surface area (Å²) in [4.78, 5) is 11.4. The summed E-state index contributed by atoms with van der Waals surface area (Å²) in [5.41, 5.74) is 2.02. The summed E-state index contributed by atoms with van der Waals surface area (Å²) in [6, 6.07) is 0. The molecule has 2 rings (SSSR count). The van der Waals surface area contributed by atoms with Crippen molar-refractivity contribution in [2.45, 2.75) is 38.7 Å². The number of carbonyl (C=O) groups excluding carboxylic acids is 1. The molecule has 0 saturated carbocycles. The molecule has 0 aromatic heterocycles. The minimum absolute atomic E-state index is 0.101. The molecule has 2 aliphatic heterocycles. The van der Waals surface area contributed by atoms with Crippen LogP contribution in [0.15, 0.2) is 11.3 Å². The van der Waals surface area contributed by atoms with Crippen LogP contribution in [0.5, 0.6) is 0 Å². The number of esters is 1. The molecule has 0 bridgehead atoms. The van der Waals surface area contributed by atoms with Crippen molar-refractivity contribution in [2.24, 2.45) is 0 Å². The number of cyclic esters (lactones) is 1. The largest absolute Gasteiger partial charge is 0.459 e. The molecule has 13 heavy (non-hydrogen) atoms. The van der Waals surface area contributed by atoms with E-state index in [1.807, 2.05) is 6.92 Å². The first-order valence-electron chi connectivity index (χ1n) is 4.98. The standard InChI is InChI=1S/C10H15NO2/c1-2-7-6-8(10(12)13-7)9-4-3-5-11-9/h7,11H,2-6H2,1H3/b9-8-. The van der Waals surface area contributed by atoms with E-state index < -0.39 is 0 Å². The molecule has 3 heteroatoms. The average molecular weight is 181 g/mol. The molecule has 72 valence electrons. The third-order valence-electron chi connectivity index (χ3n) is 2.71. The van der Waals surface area contributed by atoms with E-state index in [-0.39, 0.29) is 12.1 Å². The molecule has 2 aliphatic rings. The molecule has 0 aromatic rings. The normalized spacial score (nSPS) is 33.3. The predicted molar refractivity (Wildman–Crippen MR) is 49.1 cm³/mol. The van der Waals surface area contributed by atoms with Gasteiger partial charge in [0.1, 0.15) is 6.10 Å². The highest BCUT2D eigenvalue weighted by molar-refractivity contribution is 5.91. The summed E-state index contributed by atoms with van der Waals surface area (Å²) in [5, 5.41) is 3.25. The molecule has 0 aromatic carbocycles. The third kappa shape index (κ3) is 1.55. The zero-order chi connectivity index (χ0) is 9.26. The zero-order valence-electron chi connectivity index (χ0n) is 7.93. The number of hydrogen-bond acceptors (Lipinski definition) is 3. The van der Waals surface area contributed by atoms with E-state index in [9.17, 15) is 4.79 Å². The lowest BCUT2D eigenvalue weighted by molar-refractivity contribution is -0.138. The molecule has 0 spiro atoms. The number of rotatable bonds is 1. The van der Waals surface area contributed by atoms with Gasteiger partial charge in [-0.3, -0.25) is 0 Å². The first kappa shape index (κ1) is 8.60. The Labute approximate surface area is 78.1 Å². The Kier molecular flexibility index (Phi) is 2.25. The van der Waals surface area contributed by atoms with Gasteiger partial charge >= 0.3 is 5.97 Å². The lowest BCUT2D eigenvalue weighted by atomic mass is 10.1. The van der Waals surface area contributed by atoms with Crippen molar-refractivity contribution < 1.29 is 9.53 Å². The van der Waals surface area contributed by atoms with Crippen molar-refractivity contribution in [3.8, 4) is 0 Å². The van der Waals surface area contributed by atoms with Crippen molar-refractivity contribution in [1.29, 1.82) is 0 Å². The first-order chi connectivity index (χ1) is 6.31. The number of hydrogen-bond donors (Lipinski definition) is 1. The minimum Gasteiger partial charge on any atom is -0.459 e. The van der Waals surface area contributed by atoms with Crippen LogP contribution in [0, 0.1) is 0 Å². The summed E-state index contributed by atoms with van der Waals surface area (Å²) in [6.07, 6.45) is 4.00. The highest BCUT2D eigenvalue weighted by Crippen LogP contribution is 2.27. The van der Waals surface area contributed by atoms with Crippen LogP contribution in [-0.2, 0) is 9.53 Å². The van der Waals surface area contributed by atoms with Crippen LogP contribution >= 0.6 is 0 Å². The van der Waals surface area contributed by atoms with E-state index in [0.717, 1.165) is 43.5 Å². The molecule has 0 amide bonds. The monoisotopic (exact) mass is 181 g/mol. The zero-order valence-corrected chi connectivity index (χ0v) is 7.93. The summed E-state index contributed by atoms with van der Waals surface area (Å²) >= 11 is 0. The van der Waals surface area contributed by atoms with Gasteiger partial charge in [-0.15, -0.1) is 0 Å². The van der Waals surface area contributed by atoms with Crippen LogP contribution in [0.25, 0.3) is 0 Å². The Bertz CT molecular complexity index is 250. The van der Waals surface area contributed by atoms with Crippen molar-refractivity contribution in [2.75, 3.05) is 6.54 Å². The topological polar surface area (TPSA) is 38.3 Å². The van der Waals surface area contributed by atoms with Crippen LogP contribution in [-0.4, -0.2) is 18.6 Å². The second-order valence-electron chi connectivity index (χ2n) is 3.63. The molecule has 0 aliphatic carbocycles. The van der Waals surface area contributed by atoms with Gasteiger partial charge in [0, 0.05) is 18.7 Å². The number of nitrogens with one attached hydrogen (secondary N) is 1. The maximum absolute atomic E-state index is 11.4. The van der Waals surface area contributed by atoms with Crippen molar-refractivity contribution >= 4 is 5.97 Å². The molecule has 2 fully saturated rings. The van der Waals surface area contributed by atoms with Crippen molar-refractivity contribution in [3.05, 3.63) is 11.3 Å². The van der Waals surface area contributed by atoms with E-state index in [2.05, 4.69) is 5.32 Å². The quantitative estimate of drug-likeness (QED) is 0.490. The van der Waals surface area contributed by atoms with Gasteiger partial charge in [-0.2, -0.15) is 0 Å². The summed E-state index contributed by atoms with van der Waals surface area (Å²) in [7, 11) is 0. The maximum Gasteiger partial charge on any atom is 0.336 e. The molecule has 3 nitrogen and oxygen atoms in total. The predicted octanol–water partition coefficient (Wildman–Crippen LogP) is 1.35. The lowest BCUT2D eigenvalue weighted by Gasteiger charge is -2.01. The summed E-state index contributed by atoms with van der Waals surface area (Å²) in [5.74, 6) is -0.101. The highest BCUT2D eigenvalue weighted by Gasteiger charge is 2.30. The van der Waals surface area contributed by atoms with Crippen LogP contribution in [0.2, 0.25) is 0 Å². The molecule has 2 saturated heterocycles. The number of ether oxygens (including phenoxy) is 1. The Morgan fingerprint density at radius 1 is 1.62 bits per heavy atom. The lowest BCUT2D eigenvalue weighted by Crippen LogP contribution is -2.09. The molecule has 0 radical (unpaired) electrons. The summed E-state index contributed by atoms with van der Waals surface area (Å²) < 4.78 is 5.20.